The smallest absolute Gasteiger partial charge is 0.335 e. The molecule has 0 saturated carbocycles. The molecule has 0 aromatic carbocycles. The average Bonchev–Trinajstić information content (AvgIpc) is 3.47. The van der Waals surface area contributed by atoms with Gasteiger partial charge < -0.3 is 39.0 Å². The van der Waals surface area contributed by atoms with E-state index >= 15 is 0 Å². The van der Waals surface area contributed by atoms with Gasteiger partial charge in [-0.3, -0.25) is 14.4 Å². The first kappa shape index (κ1) is 72.4. The fourth-order valence-corrected chi connectivity index (χ4v) is 8.70. The number of carbonyl (C=O) groups excluding carboxylic acids is 3. The lowest BCUT2D eigenvalue weighted by molar-refractivity contribution is -0.301. The van der Waals surface area contributed by atoms with Crippen molar-refractivity contribution in [3.05, 3.63) is 109 Å². The molecule has 3 N–H and O–H groups in total. The Morgan fingerprint density at radius 1 is 0.430 bits per heavy atom. The van der Waals surface area contributed by atoms with Crippen molar-refractivity contribution in [1.29, 1.82) is 0 Å². The van der Waals surface area contributed by atoms with E-state index in [0.717, 1.165) is 103 Å². The third-order valence-corrected chi connectivity index (χ3v) is 13.4. The van der Waals surface area contributed by atoms with E-state index in [4.69, 9.17) is 23.7 Å². The van der Waals surface area contributed by atoms with E-state index in [2.05, 4.69) is 118 Å². The standard InChI is InChI=1S/C67H108O12/c1-4-7-10-13-16-19-22-25-27-29-30-32-33-36-38-41-44-47-50-53-59(68)75-56-58(77-60(69)54-51-48-45-42-39-35-24-21-18-15-12-9-6-3)57-76-67-65(63(72)62(71)64(79-67)66(73)74)78-61(70)55-52-49-46-43-40-37-34-31-28-26-23-20-17-14-11-8-5-2/h7,9-10,12,16,18-19,21,25,27,30,32,35-36,38-39,44,47,58,62-65,67,71-72H,4-6,8,11,13-15,17,20,22-24,26,28-29,31,33-34,37,40-43,45-46,48-57H2,1-3H3,(H,73,74)/b10-7-,12-9-,19-16-,21-18-,27-25-,32-30-,38-36-,39-35-,47-44-. The SMILES string of the molecule is CC/C=C\C/C=C\C/C=C\C/C=C\C/C=C\C/C=C\CCC(=O)OCC(COC1OC(C(=O)O)C(O)C(O)C1OC(=O)CCCCCCCCCCCCCCCCCCC)OC(=O)CCCCC/C=C\C/C=C\C/C=C\CC. The zero-order valence-corrected chi connectivity index (χ0v) is 49.3. The van der Waals surface area contributed by atoms with Gasteiger partial charge in [0.15, 0.2) is 24.6 Å². The maximum absolute atomic E-state index is 13.1. The minimum atomic E-state index is -1.92. The first-order valence-electron chi connectivity index (χ1n) is 30.9. The number of rotatable bonds is 51. The molecule has 1 heterocycles. The molecule has 1 aliphatic rings. The Kier molecular flexibility index (Phi) is 49.5. The zero-order valence-electron chi connectivity index (χ0n) is 49.3. The lowest BCUT2D eigenvalue weighted by atomic mass is 9.98. The van der Waals surface area contributed by atoms with Crippen LogP contribution in [0.15, 0.2) is 109 Å². The van der Waals surface area contributed by atoms with Gasteiger partial charge in [-0.15, -0.1) is 0 Å². The van der Waals surface area contributed by atoms with Crippen LogP contribution in [0.25, 0.3) is 0 Å². The molecule has 79 heavy (non-hydrogen) atoms. The minimum Gasteiger partial charge on any atom is -0.479 e. The molecule has 6 unspecified atom stereocenters. The molecule has 0 amide bonds. The van der Waals surface area contributed by atoms with Crippen LogP contribution in [0.5, 0.6) is 0 Å². The second-order valence-corrected chi connectivity index (χ2v) is 20.6. The van der Waals surface area contributed by atoms with Crippen molar-refractivity contribution < 1.29 is 58.2 Å². The number of hydrogen-bond acceptors (Lipinski definition) is 11. The van der Waals surface area contributed by atoms with Crippen LogP contribution in [-0.4, -0.2) is 89.2 Å². The largest absolute Gasteiger partial charge is 0.479 e. The molecule has 1 rings (SSSR count). The topological polar surface area (TPSA) is 175 Å². The van der Waals surface area contributed by atoms with Crippen LogP contribution in [0.2, 0.25) is 0 Å². The molecule has 448 valence electrons. The molecule has 12 nitrogen and oxygen atoms in total. The predicted molar refractivity (Wildman–Crippen MR) is 321 cm³/mol. The molecule has 1 fully saturated rings. The molecule has 12 heteroatoms. The second kappa shape index (κ2) is 54.0. The summed E-state index contributed by atoms with van der Waals surface area (Å²) in [4.78, 5) is 51.2. The number of carbonyl (C=O) groups is 4. The molecule has 0 aromatic rings. The van der Waals surface area contributed by atoms with Crippen LogP contribution in [0, 0.1) is 0 Å². The van der Waals surface area contributed by atoms with Crippen LogP contribution >= 0.6 is 0 Å². The van der Waals surface area contributed by atoms with Crippen LogP contribution in [0.4, 0.5) is 0 Å². The predicted octanol–water partition coefficient (Wildman–Crippen LogP) is 16.2. The second-order valence-electron chi connectivity index (χ2n) is 20.6. The summed E-state index contributed by atoms with van der Waals surface area (Å²) >= 11 is 0. The lowest BCUT2D eigenvalue weighted by Crippen LogP contribution is -2.61. The van der Waals surface area contributed by atoms with Crippen molar-refractivity contribution in [1.82, 2.24) is 0 Å². The van der Waals surface area contributed by atoms with Crippen molar-refractivity contribution >= 4 is 23.9 Å². The Bertz CT molecular complexity index is 1790. The highest BCUT2D eigenvalue weighted by Gasteiger charge is 2.50. The van der Waals surface area contributed by atoms with Gasteiger partial charge in [-0.1, -0.05) is 239 Å². The number of unbranched alkanes of at least 4 members (excludes halogenated alkanes) is 19. The van der Waals surface area contributed by atoms with Gasteiger partial charge in [-0.05, 0) is 89.9 Å². The molecular weight excluding hydrogens is 997 g/mol. The summed E-state index contributed by atoms with van der Waals surface area (Å²) in [6, 6.07) is 0. The van der Waals surface area contributed by atoms with Crippen LogP contribution < -0.4 is 0 Å². The van der Waals surface area contributed by atoms with E-state index in [9.17, 15) is 34.5 Å². The van der Waals surface area contributed by atoms with Gasteiger partial charge in [-0.2, -0.15) is 0 Å². The number of hydrogen-bond donors (Lipinski definition) is 3. The van der Waals surface area contributed by atoms with Crippen LogP contribution in [-0.2, 0) is 42.9 Å². The first-order chi connectivity index (χ1) is 38.6. The van der Waals surface area contributed by atoms with Crippen LogP contribution in [0.1, 0.15) is 239 Å². The van der Waals surface area contributed by atoms with E-state index < -0.39 is 67.3 Å². The molecule has 0 aliphatic carbocycles. The number of carboxylic acid groups (broad SMARTS) is 1. The number of carboxylic acids is 1. The number of aliphatic hydroxyl groups excluding tert-OH is 2. The Hall–Kier alpha value is -4.62. The Labute approximate surface area is 478 Å². The Morgan fingerprint density at radius 3 is 1.27 bits per heavy atom. The number of aliphatic carboxylic acids is 1. The van der Waals surface area contributed by atoms with E-state index in [0.29, 0.717) is 19.3 Å². The maximum Gasteiger partial charge on any atom is 0.335 e. The molecule has 0 aromatic heterocycles. The van der Waals surface area contributed by atoms with Gasteiger partial charge in [0.25, 0.3) is 0 Å². The van der Waals surface area contributed by atoms with Crippen LogP contribution in [0.3, 0.4) is 0 Å². The highest BCUT2D eigenvalue weighted by molar-refractivity contribution is 5.74. The van der Waals surface area contributed by atoms with E-state index in [1.165, 1.54) is 77.0 Å². The van der Waals surface area contributed by atoms with Gasteiger partial charge >= 0.3 is 23.9 Å². The number of aliphatic hydroxyl groups is 2. The zero-order chi connectivity index (χ0) is 57.5. The summed E-state index contributed by atoms with van der Waals surface area (Å²) in [5.41, 5.74) is 0. The highest BCUT2D eigenvalue weighted by Crippen LogP contribution is 2.26. The summed E-state index contributed by atoms with van der Waals surface area (Å²) in [7, 11) is 0. The van der Waals surface area contributed by atoms with Gasteiger partial charge in [0.2, 0.25) is 0 Å². The molecule has 0 bridgehead atoms. The third-order valence-electron chi connectivity index (χ3n) is 13.4. The van der Waals surface area contributed by atoms with Crippen molar-refractivity contribution in [2.24, 2.45) is 0 Å². The monoisotopic (exact) mass is 1100 g/mol. The third kappa shape index (κ3) is 43.8. The van der Waals surface area contributed by atoms with Gasteiger partial charge in [0, 0.05) is 19.3 Å². The first-order valence-corrected chi connectivity index (χ1v) is 30.9. The fraction of sp³-hybridized carbons (Fsp3) is 0.672. The summed E-state index contributed by atoms with van der Waals surface area (Å²) in [6.45, 7) is 5.68. The van der Waals surface area contributed by atoms with E-state index in [-0.39, 0.29) is 25.9 Å². The Morgan fingerprint density at radius 2 is 0.823 bits per heavy atom. The van der Waals surface area contributed by atoms with Crippen molar-refractivity contribution in [3.63, 3.8) is 0 Å². The molecule has 1 saturated heterocycles. The van der Waals surface area contributed by atoms with Crippen molar-refractivity contribution in [3.8, 4) is 0 Å². The highest BCUT2D eigenvalue weighted by atomic mass is 16.7. The number of allylic oxidation sites excluding steroid dienone is 18. The molecule has 1 aliphatic heterocycles. The number of esters is 3. The van der Waals surface area contributed by atoms with E-state index in [1.807, 2.05) is 12.2 Å². The Balaban J connectivity index is 2.72. The summed E-state index contributed by atoms with van der Waals surface area (Å²) < 4.78 is 28.3. The molecule has 6 atom stereocenters. The van der Waals surface area contributed by atoms with Gasteiger partial charge in [-0.25, -0.2) is 4.79 Å². The lowest BCUT2D eigenvalue weighted by Gasteiger charge is -2.40. The summed E-state index contributed by atoms with van der Waals surface area (Å²) in [6.07, 6.45) is 60.7. The minimum absolute atomic E-state index is 0.0482. The average molecular weight is 1110 g/mol. The van der Waals surface area contributed by atoms with Gasteiger partial charge in [0.1, 0.15) is 18.8 Å². The fourth-order valence-electron chi connectivity index (χ4n) is 8.70. The van der Waals surface area contributed by atoms with Crippen molar-refractivity contribution in [2.75, 3.05) is 13.2 Å². The van der Waals surface area contributed by atoms with Gasteiger partial charge in [0.05, 0.1) is 6.61 Å². The van der Waals surface area contributed by atoms with E-state index in [1.54, 1.807) is 0 Å². The molecule has 0 spiro atoms. The number of ether oxygens (including phenoxy) is 5. The maximum atomic E-state index is 13.1. The normalized spacial score (nSPS) is 18.6. The molecule has 0 radical (unpaired) electrons. The molecular formula is C67H108O12. The summed E-state index contributed by atoms with van der Waals surface area (Å²) in [5, 5.41) is 31.5. The van der Waals surface area contributed by atoms with Crippen molar-refractivity contribution in [2.45, 2.75) is 276 Å². The summed E-state index contributed by atoms with van der Waals surface area (Å²) in [5.74, 6) is -3.28. The quantitative estimate of drug-likeness (QED) is 0.0228.